The molecule has 0 radical (unpaired) electrons. The van der Waals surface area contributed by atoms with Gasteiger partial charge in [-0.2, -0.15) is 13.2 Å². The zero-order valence-electron chi connectivity index (χ0n) is 11.9. The maximum Gasteiger partial charge on any atom is 0.431 e. The summed E-state index contributed by atoms with van der Waals surface area (Å²) < 4.78 is 37.6. The highest BCUT2D eigenvalue weighted by Crippen LogP contribution is 2.31. The lowest BCUT2D eigenvalue weighted by Crippen LogP contribution is -2.32. The molecule has 0 fully saturated rings. The second kappa shape index (κ2) is 5.57. The van der Waals surface area contributed by atoms with Crippen molar-refractivity contribution in [2.75, 3.05) is 0 Å². The van der Waals surface area contributed by atoms with Gasteiger partial charge in [-0.3, -0.25) is 9.59 Å². The standard InChI is InChI=1S/C16H13F3N2O2/c17-16(18,19)13-8-6-11(15(23)21-13)14(22)20-12-7-5-9-3-1-2-4-10(9)12/h1-4,6,8,12H,5,7H2,(H,20,22)(H,21,23). The average molecular weight is 322 g/mol. The average Bonchev–Trinajstić information content (AvgIpc) is 2.89. The molecule has 0 bridgehead atoms. The molecule has 1 amide bonds. The van der Waals surface area contributed by atoms with Crippen molar-refractivity contribution in [3.8, 4) is 0 Å². The number of benzene rings is 1. The van der Waals surface area contributed by atoms with Crippen LogP contribution in [0, 0.1) is 0 Å². The number of halogens is 3. The smallest absolute Gasteiger partial charge is 0.345 e. The summed E-state index contributed by atoms with van der Waals surface area (Å²) in [6.07, 6.45) is -3.15. The van der Waals surface area contributed by atoms with Gasteiger partial charge in [0.1, 0.15) is 11.3 Å². The molecule has 0 saturated carbocycles. The van der Waals surface area contributed by atoms with Gasteiger partial charge in [0.05, 0.1) is 6.04 Å². The lowest BCUT2D eigenvalue weighted by atomic mass is 10.1. The third kappa shape index (κ3) is 2.99. The Bertz CT molecular complexity index is 811. The topological polar surface area (TPSA) is 62.0 Å². The summed E-state index contributed by atoms with van der Waals surface area (Å²) in [4.78, 5) is 25.6. The number of aryl methyl sites for hydroxylation is 1. The number of aromatic amines is 1. The molecule has 0 saturated heterocycles. The molecule has 1 heterocycles. The maximum atomic E-state index is 12.5. The largest absolute Gasteiger partial charge is 0.431 e. The Labute approximate surface area is 129 Å². The monoisotopic (exact) mass is 322 g/mol. The van der Waals surface area contributed by atoms with E-state index in [0.717, 1.165) is 23.6 Å². The van der Waals surface area contributed by atoms with E-state index >= 15 is 0 Å². The van der Waals surface area contributed by atoms with Crippen molar-refractivity contribution in [3.05, 3.63) is 69.1 Å². The van der Waals surface area contributed by atoms with Gasteiger partial charge in [0.15, 0.2) is 0 Å². The fraction of sp³-hybridized carbons (Fsp3) is 0.250. The normalized spacial score (nSPS) is 16.9. The van der Waals surface area contributed by atoms with Gasteiger partial charge in [-0.25, -0.2) is 0 Å². The van der Waals surface area contributed by atoms with Crippen LogP contribution in [0.5, 0.6) is 0 Å². The predicted octanol–water partition coefficient (Wildman–Crippen LogP) is 2.81. The van der Waals surface area contributed by atoms with E-state index in [-0.39, 0.29) is 11.6 Å². The number of hydrogen-bond acceptors (Lipinski definition) is 2. The molecule has 0 aliphatic heterocycles. The van der Waals surface area contributed by atoms with Crippen molar-refractivity contribution in [1.29, 1.82) is 0 Å². The molecule has 7 heteroatoms. The quantitative estimate of drug-likeness (QED) is 0.893. The number of carbonyl (C=O) groups excluding carboxylic acids is 1. The molecule has 1 unspecified atom stereocenters. The van der Waals surface area contributed by atoms with Crippen LogP contribution in [0.3, 0.4) is 0 Å². The summed E-state index contributed by atoms with van der Waals surface area (Å²) in [5.41, 5.74) is -0.459. The summed E-state index contributed by atoms with van der Waals surface area (Å²) in [6.45, 7) is 0. The van der Waals surface area contributed by atoms with Crippen LogP contribution >= 0.6 is 0 Å². The van der Waals surface area contributed by atoms with Gasteiger partial charge in [0.25, 0.3) is 11.5 Å². The van der Waals surface area contributed by atoms with Gasteiger partial charge in [-0.1, -0.05) is 24.3 Å². The zero-order valence-corrected chi connectivity index (χ0v) is 11.9. The van der Waals surface area contributed by atoms with E-state index in [0.29, 0.717) is 12.5 Å². The van der Waals surface area contributed by atoms with Gasteiger partial charge in [0.2, 0.25) is 0 Å². The van der Waals surface area contributed by atoms with Gasteiger partial charge in [-0.05, 0) is 36.1 Å². The van der Waals surface area contributed by atoms with Gasteiger partial charge in [0, 0.05) is 0 Å². The molecular formula is C16H13F3N2O2. The lowest BCUT2D eigenvalue weighted by Gasteiger charge is -2.14. The Morgan fingerprint density at radius 3 is 2.61 bits per heavy atom. The summed E-state index contributed by atoms with van der Waals surface area (Å²) in [6, 6.07) is 8.98. The predicted molar refractivity (Wildman–Crippen MR) is 77.0 cm³/mol. The lowest BCUT2D eigenvalue weighted by molar-refractivity contribution is -0.141. The number of nitrogens with one attached hydrogen (secondary N) is 2. The first kappa shape index (κ1) is 15.3. The van der Waals surface area contributed by atoms with Crippen molar-refractivity contribution in [2.45, 2.75) is 25.1 Å². The Hall–Kier alpha value is -2.57. The van der Waals surface area contributed by atoms with E-state index in [9.17, 15) is 22.8 Å². The number of aromatic nitrogens is 1. The highest BCUT2D eigenvalue weighted by molar-refractivity contribution is 5.94. The highest BCUT2D eigenvalue weighted by atomic mass is 19.4. The minimum atomic E-state index is -4.65. The molecule has 4 nitrogen and oxygen atoms in total. The molecule has 1 aliphatic rings. The highest BCUT2D eigenvalue weighted by Gasteiger charge is 2.32. The molecule has 2 aromatic rings. The number of fused-ring (bicyclic) bond motifs is 1. The van der Waals surface area contributed by atoms with Crippen LogP contribution < -0.4 is 10.9 Å². The van der Waals surface area contributed by atoms with Crippen LogP contribution in [0.2, 0.25) is 0 Å². The van der Waals surface area contributed by atoms with Crippen molar-refractivity contribution < 1.29 is 18.0 Å². The molecule has 1 aromatic carbocycles. The number of rotatable bonds is 2. The van der Waals surface area contributed by atoms with Crippen LogP contribution in [0.15, 0.2) is 41.2 Å². The van der Waals surface area contributed by atoms with Gasteiger partial charge >= 0.3 is 6.18 Å². The zero-order chi connectivity index (χ0) is 16.6. The minimum absolute atomic E-state index is 0.236. The Morgan fingerprint density at radius 2 is 1.91 bits per heavy atom. The van der Waals surface area contributed by atoms with Crippen molar-refractivity contribution in [2.24, 2.45) is 0 Å². The first-order chi connectivity index (χ1) is 10.9. The number of amides is 1. The third-order valence-corrected chi connectivity index (χ3v) is 3.90. The Morgan fingerprint density at radius 1 is 1.17 bits per heavy atom. The summed E-state index contributed by atoms with van der Waals surface area (Å²) in [7, 11) is 0. The molecular weight excluding hydrogens is 309 g/mol. The van der Waals surface area contributed by atoms with Crippen molar-refractivity contribution in [3.63, 3.8) is 0 Å². The van der Waals surface area contributed by atoms with Crippen molar-refractivity contribution in [1.82, 2.24) is 10.3 Å². The maximum absolute atomic E-state index is 12.5. The molecule has 2 N–H and O–H groups in total. The summed E-state index contributed by atoms with van der Waals surface area (Å²) in [5.74, 6) is -0.679. The van der Waals surface area contributed by atoms with Crippen LogP contribution in [0.1, 0.15) is 39.6 Å². The fourth-order valence-corrected chi connectivity index (χ4v) is 2.76. The number of carbonyl (C=O) groups is 1. The first-order valence-corrected chi connectivity index (χ1v) is 7.05. The Balaban J connectivity index is 1.81. The number of hydrogen-bond donors (Lipinski definition) is 2. The number of alkyl halides is 3. The first-order valence-electron chi connectivity index (χ1n) is 7.05. The van der Waals surface area contributed by atoms with Crippen LogP contribution in [0.25, 0.3) is 0 Å². The Kier molecular flexibility index (Phi) is 3.71. The minimum Gasteiger partial charge on any atom is -0.345 e. The molecule has 3 rings (SSSR count). The molecule has 1 atom stereocenters. The third-order valence-electron chi connectivity index (χ3n) is 3.90. The number of pyridine rings is 1. The molecule has 23 heavy (non-hydrogen) atoms. The van der Waals surface area contributed by atoms with E-state index in [4.69, 9.17) is 0 Å². The van der Waals surface area contributed by atoms with Crippen molar-refractivity contribution >= 4 is 5.91 Å². The van der Waals surface area contributed by atoms with Crippen LogP contribution in [-0.4, -0.2) is 10.9 Å². The van der Waals surface area contributed by atoms with E-state index in [2.05, 4.69) is 5.32 Å². The number of H-pyrrole nitrogens is 1. The van der Waals surface area contributed by atoms with Gasteiger partial charge in [-0.15, -0.1) is 0 Å². The SMILES string of the molecule is O=C(NC1CCc2ccccc21)c1ccc(C(F)(F)F)[nH]c1=O. The van der Waals surface area contributed by atoms with Crippen LogP contribution in [-0.2, 0) is 12.6 Å². The fourth-order valence-electron chi connectivity index (χ4n) is 2.76. The summed E-state index contributed by atoms with van der Waals surface area (Å²) >= 11 is 0. The second-order valence-corrected chi connectivity index (χ2v) is 5.38. The van der Waals surface area contributed by atoms with Gasteiger partial charge < -0.3 is 10.3 Å². The molecule has 1 aromatic heterocycles. The van der Waals surface area contributed by atoms with E-state index in [1.54, 1.807) is 4.98 Å². The summed E-state index contributed by atoms with van der Waals surface area (Å²) in [5, 5.41) is 2.71. The van der Waals surface area contributed by atoms with E-state index in [1.807, 2.05) is 24.3 Å². The van der Waals surface area contributed by atoms with E-state index < -0.39 is 23.3 Å². The molecule has 120 valence electrons. The van der Waals surface area contributed by atoms with Crippen LogP contribution in [0.4, 0.5) is 13.2 Å². The van der Waals surface area contributed by atoms with E-state index in [1.165, 1.54) is 0 Å². The molecule has 1 aliphatic carbocycles. The second-order valence-electron chi connectivity index (χ2n) is 5.38. The molecule has 0 spiro atoms.